The van der Waals surface area contributed by atoms with Crippen molar-refractivity contribution in [2.45, 2.75) is 12.5 Å². The maximum atomic E-state index is 10.4. The van der Waals surface area contributed by atoms with Gasteiger partial charge >= 0.3 is 5.97 Å². The van der Waals surface area contributed by atoms with E-state index in [-0.39, 0.29) is 30.3 Å². The van der Waals surface area contributed by atoms with Gasteiger partial charge in [-0.15, -0.1) is 12.4 Å². The molecule has 16 heavy (non-hydrogen) atoms. The molecular weight excluding hydrogens is 234 g/mol. The Kier molecular flexibility index (Phi) is 5.63. The number of hydrogen-bond acceptors (Lipinski definition) is 4. The maximum absolute atomic E-state index is 10.4. The van der Waals surface area contributed by atoms with Gasteiger partial charge in [-0.1, -0.05) is 6.07 Å². The highest BCUT2D eigenvalue weighted by molar-refractivity contribution is 5.85. The van der Waals surface area contributed by atoms with E-state index in [9.17, 15) is 9.90 Å². The van der Waals surface area contributed by atoms with Crippen molar-refractivity contribution in [3.05, 3.63) is 23.8 Å². The quantitative estimate of drug-likeness (QED) is 0.746. The molecule has 4 N–H and O–H groups in total. The fourth-order valence-electron chi connectivity index (χ4n) is 1.23. The van der Waals surface area contributed by atoms with E-state index in [1.54, 1.807) is 6.07 Å². The third-order valence-electron chi connectivity index (χ3n) is 2.03. The lowest BCUT2D eigenvalue weighted by atomic mass is 10.0. The molecule has 0 fully saturated rings. The van der Waals surface area contributed by atoms with Crippen LogP contribution in [0.3, 0.4) is 0 Å². The second-order valence-corrected chi connectivity index (χ2v) is 3.14. The van der Waals surface area contributed by atoms with Crippen molar-refractivity contribution in [1.82, 2.24) is 0 Å². The average molecular weight is 248 g/mol. The number of phenolic OH excluding ortho intramolecular Hbond substituents is 1. The zero-order valence-corrected chi connectivity index (χ0v) is 9.53. The minimum absolute atomic E-state index is 0. The van der Waals surface area contributed by atoms with E-state index in [0.717, 1.165) is 0 Å². The molecule has 1 aromatic rings. The summed E-state index contributed by atoms with van der Waals surface area (Å²) >= 11 is 0. The van der Waals surface area contributed by atoms with Crippen molar-refractivity contribution in [3.63, 3.8) is 0 Å². The SMILES string of the molecule is COc1cc([C@H](N)CC(=O)O)ccc1O.Cl. The van der Waals surface area contributed by atoms with E-state index in [1.165, 1.54) is 19.2 Å². The number of nitrogens with two attached hydrogens (primary N) is 1. The van der Waals surface area contributed by atoms with Crippen molar-refractivity contribution in [2.24, 2.45) is 5.73 Å². The van der Waals surface area contributed by atoms with Gasteiger partial charge < -0.3 is 20.7 Å². The molecule has 0 radical (unpaired) electrons. The molecule has 1 aromatic carbocycles. The molecule has 0 amide bonds. The number of ether oxygens (including phenoxy) is 1. The Morgan fingerprint density at radius 3 is 2.69 bits per heavy atom. The van der Waals surface area contributed by atoms with Crippen LogP contribution >= 0.6 is 12.4 Å². The highest BCUT2D eigenvalue weighted by atomic mass is 35.5. The average Bonchev–Trinajstić information content (AvgIpc) is 2.17. The fraction of sp³-hybridized carbons (Fsp3) is 0.300. The molecule has 1 atom stereocenters. The molecule has 5 nitrogen and oxygen atoms in total. The molecule has 90 valence electrons. The fourth-order valence-corrected chi connectivity index (χ4v) is 1.23. The van der Waals surface area contributed by atoms with Crippen molar-refractivity contribution in [3.8, 4) is 11.5 Å². The number of phenols is 1. The number of hydrogen-bond donors (Lipinski definition) is 3. The summed E-state index contributed by atoms with van der Waals surface area (Å²) in [6, 6.07) is 3.93. The Morgan fingerprint density at radius 2 is 2.19 bits per heavy atom. The Hall–Kier alpha value is -1.46. The van der Waals surface area contributed by atoms with Crippen LogP contribution in [-0.4, -0.2) is 23.3 Å². The minimum atomic E-state index is -0.963. The van der Waals surface area contributed by atoms with Gasteiger partial charge in [0.15, 0.2) is 11.5 Å². The third-order valence-corrected chi connectivity index (χ3v) is 2.03. The first-order chi connectivity index (χ1) is 7.04. The summed E-state index contributed by atoms with van der Waals surface area (Å²) in [6.45, 7) is 0. The Labute approximate surface area is 99.2 Å². The van der Waals surface area contributed by atoms with E-state index in [4.69, 9.17) is 15.6 Å². The van der Waals surface area contributed by atoms with Crippen LogP contribution in [-0.2, 0) is 4.79 Å². The highest BCUT2D eigenvalue weighted by Gasteiger charge is 2.12. The van der Waals surface area contributed by atoms with Gasteiger partial charge in [0.1, 0.15) is 0 Å². The van der Waals surface area contributed by atoms with Crippen LogP contribution in [0.25, 0.3) is 0 Å². The second-order valence-electron chi connectivity index (χ2n) is 3.14. The lowest BCUT2D eigenvalue weighted by molar-refractivity contribution is -0.137. The number of methoxy groups -OCH3 is 1. The Balaban J connectivity index is 0.00000225. The molecule has 0 aliphatic carbocycles. The smallest absolute Gasteiger partial charge is 0.305 e. The Morgan fingerprint density at radius 1 is 1.56 bits per heavy atom. The van der Waals surface area contributed by atoms with Crippen molar-refractivity contribution in [2.75, 3.05) is 7.11 Å². The van der Waals surface area contributed by atoms with Gasteiger partial charge in [-0.3, -0.25) is 4.79 Å². The number of carbonyl (C=O) groups is 1. The molecule has 0 aromatic heterocycles. The van der Waals surface area contributed by atoms with E-state index in [2.05, 4.69) is 0 Å². The number of aromatic hydroxyl groups is 1. The molecule has 0 spiro atoms. The van der Waals surface area contributed by atoms with Gasteiger partial charge in [0.2, 0.25) is 0 Å². The summed E-state index contributed by atoms with van der Waals surface area (Å²) in [5.74, 6) is -0.674. The lowest BCUT2D eigenvalue weighted by Gasteiger charge is -2.11. The first kappa shape index (κ1) is 14.5. The van der Waals surface area contributed by atoms with Gasteiger partial charge in [-0.05, 0) is 17.7 Å². The summed E-state index contributed by atoms with van der Waals surface area (Å²) in [4.78, 5) is 10.4. The number of carboxylic acids is 1. The van der Waals surface area contributed by atoms with Gasteiger partial charge in [-0.25, -0.2) is 0 Å². The van der Waals surface area contributed by atoms with Gasteiger partial charge in [0.25, 0.3) is 0 Å². The zero-order valence-electron chi connectivity index (χ0n) is 8.71. The first-order valence-corrected chi connectivity index (χ1v) is 4.39. The topological polar surface area (TPSA) is 92.8 Å². The molecule has 0 heterocycles. The molecule has 0 saturated carbocycles. The number of benzene rings is 1. The molecule has 0 aliphatic heterocycles. The van der Waals surface area contributed by atoms with E-state index in [1.807, 2.05) is 0 Å². The summed E-state index contributed by atoms with van der Waals surface area (Å²) in [6.07, 6.45) is -0.159. The summed E-state index contributed by atoms with van der Waals surface area (Å²) in [5.41, 5.74) is 6.27. The van der Waals surface area contributed by atoms with Crippen molar-refractivity contribution >= 4 is 18.4 Å². The minimum Gasteiger partial charge on any atom is -0.504 e. The normalized spacial score (nSPS) is 11.4. The van der Waals surface area contributed by atoms with Crippen LogP contribution in [0.5, 0.6) is 11.5 Å². The molecule has 6 heteroatoms. The van der Waals surface area contributed by atoms with Crippen LogP contribution in [0, 0.1) is 0 Å². The number of aliphatic carboxylic acids is 1. The second kappa shape index (κ2) is 6.19. The largest absolute Gasteiger partial charge is 0.504 e. The van der Waals surface area contributed by atoms with Crippen molar-refractivity contribution in [1.29, 1.82) is 0 Å². The van der Waals surface area contributed by atoms with E-state index >= 15 is 0 Å². The van der Waals surface area contributed by atoms with Crippen LogP contribution in [0.4, 0.5) is 0 Å². The number of carboxylic acid groups (broad SMARTS) is 1. The van der Waals surface area contributed by atoms with Crippen molar-refractivity contribution < 1.29 is 19.7 Å². The molecule has 0 unspecified atom stereocenters. The summed E-state index contributed by atoms with van der Waals surface area (Å²) < 4.78 is 4.89. The van der Waals surface area contributed by atoms with E-state index < -0.39 is 12.0 Å². The van der Waals surface area contributed by atoms with Gasteiger partial charge in [0.05, 0.1) is 13.5 Å². The van der Waals surface area contributed by atoms with Crippen LogP contribution in [0.2, 0.25) is 0 Å². The predicted octanol–water partition coefficient (Wildman–Crippen LogP) is 1.30. The molecular formula is C10H14ClNO4. The summed E-state index contributed by atoms with van der Waals surface area (Å²) in [7, 11) is 1.42. The maximum Gasteiger partial charge on any atom is 0.305 e. The Bertz CT molecular complexity index is 370. The van der Waals surface area contributed by atoms with E-state index in [0.29, 0.717) is 5.56 Å². The molecule has 1 rings (SSSR count). The van der Waals surface area contributed by atoms with Crippen LogP contribution in [0.15, 0.2) is 18.2 Å². The molecule has 0 saturated heterocycles. The predicted molar refractivity (Wildman–Crippen MR) is 61.1 cm³/mol. The van der Waals surface area contributed by atoms with Crippen LogP contribution < -0.4 is 10.5 Å². The number of rotatable bonds is 4. The zero-order chi connectivity index (χ0) is 11.4. The van der Waals surface area contributed by atoms with Gasteiger partial charge in [-0.2, -0.15) is 0 Å². The standard InChI is InChI=1S/C10H13NO4.ClH/c1-15-9-4-6(2-3-8(9)12)7(11)5-10(13)14;/h2-4,7,12H,5,11H2,1H3,(H,13,14);1H/t7-;/m1./s1. The summed E-state index contributed by atoms with van der Waals surface area (Å²) in [5, 5.41) is 17.9. The third kappa shape index (κ3) is 3.60. The highest BCUT2D eigenvalue weighted by Crippen LogP contribution is 2.28. The molecule has 0 aliphatic rings. The monoisotopic (exact) mass is 247 g/mol. The first-order valence-electron chi connectivity index (χ1n) is 4.39. The van der Waals surface area contributed by atoms with Crippen LogP contribution in [0.1, 0.15) is 18.0 Å². The molecule has 0 bridgehead atoms. The number of halogens is 1. The van der Waals surface area contributed by atoms with Gasteiger partial charge in [0, 0.05) is 6.04 Å². The lowest BCUT2D eigenvalue weighted by Crippen LogP contribution is -2.14.